The van der Waals surface area contributed by atoms with E-state index in [1.807, 2.05) is 0 Å². The number of hydrogen-bond acceptors (Lipinski definition) is 5. The highest BCUT2D eigenvalue weighted by molar-refractivity contribution is 7.89. The number of nitrogens with zero attached hydrogens (tertiary/aromatic N) is 2. The van der Waals surface area contributed by atoms with E-state index in [2.05, 4.69) is 0 Å². The van der Waals surface area contributed by atoms with Crippen LogP contribution < -0.4 is 0 Å². The van der Waals surface area contributed by atoms with Crippen LogP contribution in [0.5, 0.6) is 0 Å². The Labute approximate surface area is 196 Å². The molecule has 0 atom stereocenters. The number of aromatic nitrogens is 1. The molecule has 0 aliphatic carbocycles. The van der Waals surface area contributed by atoms with Crippen LogP contribution in [0.1, 0.15) is 23.0 Å². The van der Waals surface area contributed by atoms with Crippen LogP contribution in [0.4, 0.5) is 0 Å². The van der Waals surface area contributed by atoms with Crippen LogP contribution >= 0.6 is 23.2 Å². The minimum atomic E-state index is -3.98. The van der Waals surface area contributed by atoms with E-state index in [9.17, 15) is 13.2 Å². The maximum atomic E-state index is 13.7. The smallest absolute Gasteiger partial charge is 0.356 e. The van der Waals surface area contributed by atoms with Crippen molar-refractivity contribution in [2.45, 2.75) is 18.4 Å². The second kappa shape index (κ2) is 9.41. The summed E-state index contributed by atoms with van der Waals surface area (Å²) in [6.45, 7) is 3.05. The first kappa shape index (κ1) is 23.1. The van der Waals surface area contributed by atoms with Crippen molar-refractivity contribution in [2.75, 3.05) is 32.9 Å². The first-order valence-electron chi connectivity index (χ1n) is 10.1. The molecule has 2 aromatic carbocycles. The summed E-state index contributed by atoms with van der Waals surface area (Å²) < 4.78 is 41.0. The summed E-state index contributed by atoms with van der Waals surface area (Å²) in [7, 11) is -3.98. The van der Waals surface area contributed by atoms with E-state index in [0.29, 0.717) is 34.2 Å². The van der Waals surface area contributed by atoms with Crippen LogP contribution in [0.3, 0.4) is 0 Å². The topological polar surface area (TPSA) is 77.8 Å². The predicted octanol–water partition coefficient (Wildman–Crippen LogP) is 4.19. The second-order valence-corrected chi connectivity index (χ2v) is 9.96. The zero-order valence-electron chi connectivity index (χ0n) is 17.4. The van der Waals surface area contributed by atoms with Crippen LogP contribution in [0.25, 0.3) is 10.9 Å². The molecule has 0 N–H and O–H groups in total. The number of benzene rings is 2. The molecule has 0 spiro atoms. The van der Waals surface area contributed by atoms with Crippen LogP contribution in [0.2, 0.25) is 10.0 Å². The fourth-order valence-corrected chi connectivity index (χ4v) is 5.93. The Morgan fingerprint density at radius 1 is 1.09 bits per heavy atom. The largest absolute Gasteiger partial charge is 0.461 e. The van der Waals surface area contributed by atoms with Crippen molar-refractivity contribution in [1.29, 1.82) is 0 Å². The maximum Gasteiger partial charge on any atom is 0.356 e. The van der Waals surface area contributed by atoms with Gasteiger partial charge in [-0.2, -0.15) is 4.31 Å². The zero-order chi connectivity index (χ0) is 22.9. The van der Waals surface area contributed by atoms with Gasteiger partial charge in [0.05, 0.1) is 35.4 Å². The summed E-state index contributed by atoms with van der Waals surface area (Å²) in [6, 6.07) is 12.2. The van der Waals surface area contributed by atoms with E-state index < -0.39 is 16.0 Å². The lowest BCUT2D eigenvalue weighted by molar-refractivity contribution is 0.0509. The van der Waals surface area contributed by atoms with Crippen molar-refractivity contribution in [3.8, 4) is 0 Å². The number of esters is 1. The molecule has 4 rings (SSSR count). The molecular weight excluding hydrogens is 475 g/mol. The lowest BCUT2D eigenvalue weighted by atomic mass is 10.2. The first-order valence-corrected chi connectivity index (χ1v) is 12.3. The molecule has 0 saturated carbocycles. The number of para-hydroxylation sites is 1. The third kappa shape index (κ3) is 4.25. The summed E-state index contributed by atoms with van der Waals surface area (Å²) in [4.78, 5) is 13.1. The molecule has 32 heavy (non-hydrogen) atoms. The highest BCUT2D eigenvalue weighted by Gasteiger charge is 2.36. The molecule has 0 bridgehead atoms. The zero-order valence-corrected chi connectivity index (χ0v) is 19.7. The Kier molecular flexibility index (Phi) is 6.78. The first-order chi connectivity index (χ1) is 15.3. The second-order valence-electron chi connectivity index (χ2n) is 7.27. The molecule has 3 aromatic rings. The molecule has 10 heteroatoms. The van der Waals surface area contributed by atoms with Crippen molar-refractivity contribution in [1.82, 2.24) is 8.87 Å². The molecular formula is C22H22Cl2N2O5S. The molecule has 1 fully saturated rings. The van der Waals surface area contributed by atoms with Crippen molar-refractivity contribution < 1.29 is 22.7 Å². The van der Waals surface area contributed by atoms with E-state index in [-0.39, 0.29) is 36.8 Å². The molecule has 1 aliphatic heterocycles. The Morgan fingerprint density at radius 2 is 1.81 bits per heavy atom. The molecule has 170 valence electrons. The number of morpholine rings is 1. The molecule has 0 amide bonds. The summed E-state index contributed by atoms with van der Waals surface area (Å²) in [5.74, 6) is -0.699. The van der Waals surface area contributed by atoms with Crippen LogP contribution in [-0.2, 0) is 26.0 Å². The van der Waals surface area contributed by atoms with Gasteiger partial charge in [-0.3, -0.25) is 0 Å². The quantitative estimate of drug-likeness (QED) is 0.478. The van der Waals surface area contributed by atoms with E-state index >= 15 is 0 Å². The maximum absolute atomic E-state index is 13.7. The van der Waals surface area contributed by atoms with E-state index in [1.54, 1.807) is 54.0 Å². The lowest BCUT2D eigenvalue weighted by Gasteiger charge is -2.26. The molecule has 1 aromatic heterocycles. The van der Waals surface area contributed by atoms with Gasteiger partial charge >= 0.3 is 5.97 Å². The number of carbonyl (C=O) groups excluding carboxylic acids is 1. The van der Waals surface area contributed by atoms with Gasteiger partial charge < -0.3 is 14.0 Å². The average Bonchev–Trinajstić information content (AvgIpc) is 3.12. The van der Waals surface area contributed by atoms with Gasteiger partial charge in [-0.1, -0.05) is 47.5 Å². The van der Waals surface area contributed by atoms with Crippen LogP contribution in [-0.4, -0.2) is 56.2 Å². The number of hydrogen-bond donors (Lipinski definition) is 0. The molecule has 0 radical (unpaired) electrons. The van der Waals surface area contributed by atoms with Gasteiger partial charge in [-0.25, -0.2) is 13.2 Å². The Morgan fingerprint density at radius 3 is 2.50 bits per heavy atom. The van der Waals surface area contributed by atoms with Crippen LogP contribution in [0, 0.1) is 0 Å². The predicted molar refractivity (Wildman–Crippen MR) is 123 cm³/mol. The minimum absolute atomic E-state index is 0.00869. The van der Waals surface area contributed by atoms with E-state index in [0.717, 1.165) is 5.56 Å². The van der Waals surface area contributed by atoms with Crippen molar-refractivity contribution in [3.05, 3.63) is 63.8 Å². The number of sulfonamides is 1. The third-order valence-corrected chi connectivity index (χ3v) is 8.00. The summed E-state index contributed by atoms with van der Waals surface area (Å²) in [5, 5.41) is 1.25. The van der Waals surface area contributed by atoms with Gasteiger partial charge in [0.2, 0.25) is 10.0 Å². The fourth-order valence-electron chi connectivity index (χ4n) is 3.84. The third-order valence-electron chi connectivity index (χ3n) is 5.29. The summed E-state index contributed by atoms with van der Waals surface area (Å²) >= 11 is 12.2. The van der Waals surface area contributed by atoms with Gasteiger partial charge in [-0.15, -0.1) is 0 Å². The highest BCUT2D eigenvalue weighted by Crippen LogP contribution is 2.34. The van der Waals surface area contributed by atoms with Crippen molar-refractivity contribution in [2.24, 2.45) is 0 Å². The standard InChI is InChI=1S/C22H22Cl2N2O5S/c1-2-31-22(27)20-21(32(28,29)25-9-11-30-12-10-25)16-5-3-4-6-19(16)26(20)14-15-7-8-17(23)18(24)13-15/h3-8,13H,2,9-12,14H2,1H3. The normalized spacial score (nSPS) is 15.2. The molecule has 2 heterocycles. The number of halogens is 2. The molecule has 1 aliphatic rings. The Bertz CT molecular complexity index is 1270. The van der Waals surface area contributed by atoms with E-state index in [4.69, 9.17) is 32.7 Å². The van der Waals surface area contributed by atoms with Crippen molar-refractivity contribution in [3.63, 3.8) is 0 Å². The van der Waals surface area contributed by atoms with Gasteiger partial charge in [0.1, 0.15) is 10.6 Å². The van der Waals surface area contributed by atoms with Gasteiger partial charge in [0.25, 0.3) is 0 Å². The number of fused-ring (bicyclic) bond motifs is 1. The average molecular weight is 497 g/mol. The highest BCUT2D eigenvalue weighted by atomic mass is 35.5. The lowest BCUT2D eigenvalue weighted by Crippen LogP contribution is -2.41. The number of ether oxygens (including phenoxy) is 2. The molecule has 7 nitrogen and oxygen atoms in total. The van der Waals surface area contributed by atoms with Crippen LogP contribution in [0.15, 0.2) is 47.4 Å². The number of carbonyl (C=O) groups is 1. The van der Waals surface area contributed by atoms with Gasteiger partial charge in [-0.05, 0) is 30.7 Å². The van der Waals surface area contributed by atoms with Gasteiger partial charge in [0.15, 0.2) is 0 Å². The van der Waals surface area contributed by atoms with Crippen molar-refractivity contribution >= 4 is 50.1 Å². The van der Waals surface area contributed by atoms with E-state index in [1.165, 1.54) is 4.31 Å². The summed E-state index contributed by atoms with van der Waals surface area (Å²) in [6.07, 6.45) is 0. The molecule has 1 saturated heterocycles. The monoisotopic (exact) mass is 496 g/mol. The Balaban J connectivity index is 1.96. The minimum Gasteiger partial charge on any atom is -0.461 e. The molecule has 0 unspecified atom stereocenters. The fraction of sp³-hybridized carbons (Fsp3) is 0.318. The Hall–Kier alpha value is -2.10. The van der Waals surface area contributed by atoms with Gasteiger partial charge in [0, 0.05) is 25.0 Å². The summed E-state index contributed by atoms with van der Waals surface area (Å²) in [5.41, 5.74) is 1.36. The SMILES string of the molecule is CCOC(=O)c1c(S(=O)(=O)N2CCOCC2)c2ccccc2n1Cc1ccc(Cl)c(Cl)c1. The number of rotatable bonds is 6.